The number of carbonyl (C=O) groups excluding carboxylic acids is 1. The summed E-state index contributed by atoms with van der Waals surface area (Å²) in [5.74, 6) is 0.742. The first-order chi connectivity index (χ1) is 14.0. The Balaban J connectivity index is 1.51. The zero-order valence-electron chi connectivity index (χ0n) is 15.8. The van der Waals surface area contributed by atoms with Crippen molar-refractivity contribution in [1.29, 1.82) is 0 Å². The van der Waals surface area contributed by atoms with Crippen molar-refractivity contribution in [2.45, 2.75) is 19.6 Å². The first kappa shape index (κ1) is 19.9. The first-order valence-corrected chi connectivity index (χ1v) is 9.00. The number of nitro benzene ring substituents is 1. The molecule has 0 unspecified atom stereocenters. The van der Waals surface area contributed by atoms with Gasteiger partial charge in [-0.3, -0.25) is 14.9 Å². The van der Waals surface area contributed by atoms with Gasteiger partial charge in [0.1, 0.15) is 18.1 Å². The average Bonchev–Trinajstić information content (AvgIpc) is 2.74. The molecule has 0 saturated heterocycles. The average molecular weight is 392 g/mol. The molecule has 0 heterocycles. The lowest BCUT2D eigenvalue weighted by molar-refractivity contribution is -0.384. The summed E-state index contributed by atoms with van der Waals surface area (Å²) in [5, 5.41) is 13.4. The topological polar surface area (TPSA) is 90.7 Å². The van der Waals surface area contributed by atoms with Gasteiger partial charge in [0.05, 0.1) is 4.92 Å². The Kier molecular flexibility index (Phi) is 6.42. The minimum Gasteiger partial charge on any atom is -0.489 e. The Morgan fingerprint density at radius 1 is 0.966 bits per heavy atom. The van der Waals surface area contributed by atoms with Gasteiger partial charge >= 0.3 is 0 Å². The molecule has 0 aliphatic carbocycles. The van der Waals surface area contributed by atoms with E-state index in [-0.39, 0.29) is 11.6 Å². The predicted octanol–water partition coefficient (Wildman–Crippen LogP) is 4.58. The third-order valence-corrected chi connectivity index (χ3v) is 4.10. The van der Waals surface area contributed by atoms with E-state index in [0.717, 1.165) is 5.56 Å². The SMILES string of the molecule is C[C@H](Oc1ccc([N+](=O)[O-])cc1)C(=O)Nc1ccc(OCc2ccccc2)cc1. The van der Waals surface area contributed by atoms with Crippen molar-refractivity contribution in [2.24, 2.45) is 0 Å². The molecule has 29 heavy (non-hydrogen) atoms. The van der Waals surface area contributed by atoms with E-state index in [9.17, 15) is 14.9 Å². The number of hydrogen-bond donors (Lipinski definition) is 1. The van der Waals surface area contributed by atoms with Gasteiger partial charge in [0.25, 0.3) is 11.6 Å². The Morgan fingerprint density at radius 2 is 1.59 bits per heavy atom. The van der Waals surface area contributed by atoms with Crippen LogP contribution >= 0.6 is 0 Å². The number of nitrogens with one attached hydrogen (secondary N) is 1. The van der Waals surface area contributed by atoms with Gasteiger partial charge < -0.3 is 14.8 Å². The van der Waals surface area contributed by atoms with Crippen LogP contribution in [-0.2, 0) is 11.4 Å². The summed E-state index contributed by atoms with van der Waals surface area (Å²) in [4.78, 5) is 22.5. The van der Waals surface area contributed by atoms with Crippen LogP contribution in [-0.4, -0.2) is 16.9 Å². The van der Waals surface area contributed by atoms with Gasteiger partial charge in [-0.2, -0.15) is 0 Å². The van der Waals surface area contributed by atoms with Gasteiger partial charge in [-0.1, -0.05) is 30.3 Å². The van der Waals surface area contributed by atoms with E-state index < -0.39 is 11.0 Å². The van der Waals surface area contributed by atoms with E-state index in [4.69, 9.17) is 9.47 Å². The van der Waals surface area contributed by atoms with Crippen LogP contribution < -0.4 is 14.8 Å². The Bertz CT molecular complexity index is 957. The molecular weight excluding hydrogens is 372 g/mol. The summed E-state index contributed by atoms with van der Waals surface area (Å²) in [7, 11) is 0. The van der Waals surface area contributed by atoms with Crippen LogP contribution in [0, 0.1) is 10.1 Å². The molecule has 1 amide bonds. The molecule has 1 atom stereocenters. The van der Waals surface area contributed by atoms with E-state index in [0.29, 0.717) is 23.8 Å². The summed E-state index contributed by atoms with van der Waals surface area (Å²) < 4.78 is 11.3. The minimum atomic E-state index is -0.773. The second kappa shape index (κ2) is 9.36. The Hall–Kier alpha value is -3.87. The zero-order valence-corrected chi connectivity index (χ0v) is 15.8. The molecule has 1 N–H and O–H groups in total. The van der Waals surface area contributed by atoms with Crippen molar-refractivity contribution < 1.29 is 19.2 Å². The second-order valence-corrected chi connectivity index (χ2v) is 6.30. The second-order valence-electron chi connectivity index (χ2n) is 6.30. The van der Waals surface area contributed by atoms with Crippen molar-refractivity contribution in [3.8, 4) is 11.5 Å². The van der Waals surface area contributed by atoms with E-state index in [1.165, 1.54) is 24.3 Å². The molecule has 3 aromatic rings. The lowest BCUT2D eigenvalue weighted by Gasteiger charge is -2.15. The third kappa shape index (κ3) is 5.80. The highest BCUT2D eigenvalue weighted by Gasteiger charge is 2.15. The Labute approximate surface area is 168 Å². The molecule has 148 valence electrons. The van der Waals surface area contributed by atoms with Crippen molar-refractivity contribution in [3.05, 3.63) is 94.5 Å². The van der Waals surface area contributed by atoms with Crippen LogP contribution in [0.5, 0.6) is 11.5 Å². The van der Waals surface area contributed by atoms with Crippen molar-refractivity contribution in [3.63, 3.8) is 0 Å². The molecule has 3 aromatic carbocycles. The molecule has 7 nitrogen and oxygen atoms in total. The van der Waals surface area contributed by atoms with Crippen molar-refractivity contribution in [1.82, 2.24) is 0 Å². The predicted molar refractivity (Wildman–Crippen MR) is 109 cm³/mol. The summed E-state index contributed by atoms with van der Waals surface area (Å²) in [6, 6.07) is 22.5. The minimum absolute atomic E-state index is 0.0379. The van der Waals surface area contributed by atoms with Crippen molar-refractivity contribution in [2.75, 3.05) is 5.32 Å². The number of ether oxygens (including phenoxy) is 2. The van der Waals surface area contributed by atoms with Gasteiger partial charge in [-0.05, 0) is 48.9 Å². The smallest absolute Gasteiger partial charge is 0.269 e. The molecule has 7 heteroatoms. The van der Waals surface area contributed by atoms with E-state index in [1.54, 1.807) is 31.2 Å². The molecule has 0 aliphatic heterocycles. The highest BCUT2D eigenvalue weighted by Crippen LogP contribution is 2.20. The largest absolute Gasteiger partial charge is 0.489 e. The monoisotopic (exact) mass is 392 g/mol. The lowest BCUT2D eigenvalue weighted by atomic mass is 10.2. The number of amides is 1. The quantitative estimate of drug-likeness (QED) is 0.448. The molecule has 0 aromatic heterocycles. The maximum Gasteiger partial charge on any atom is 0.269 e. The first-order valence-electron chi connectivity index (χ1n) is 9.00. The maximum atomic E-state index is 12.3. The molecule has 0 bridgehead atoms. The van der Waals surface area contributed by atoms with Crippen LogP contribution in [0.1, 0.15) is 12.5 Å². The number of anilines is 1. The maximum absolute atomic E-state index is 12.3. The molecule has 0 aliphatic rings. The molecule has 3 rings (SSSR count). The number of rotatable bonds is 8. The van der Waals surface area contributed by atoms with Crippen LogP contribution in [0.2, 0.25) is 0 Å². The lowest BCUT2D eigenvalue weighted by Crippen LogP contribution is -2.30. The third-order valence-electron chi connectivity index (χ3n) is 4.10. The van der Waals surface area contributed by atoms with Crippen LogP contribution in [0.25, 0.3) is 0 Å². The van der Waals surface area contributed by atoms with Crippen LogP contribution in [0.3, 0.4) is 0 Å². The number of nitrogens with zero attached hydrogens (tertiary/aromatic N) is 1. The number of carbonyl (C=O) groups is 1. The summed E-state index contributed by atoms with van der Waals surface area (Å²) in [6.45, 7) is 2.07. The van der Waals surface area contributed by atoms with Gasteiger partial charge in [0.15, 0.2) is 6.10 Å². The Morgan fingerprint density at radius 3 is 2.21 bits per heavy atom. The van der Waals surface area contributed by atoms with E-state index in [1.807, 2.05) is 30.3 Å². The van der Waals surface area contributed by atoms with E-state index >= 15 is 0 Å². The van der Waals surface area contributed by atoms with Gasteiger partial charge in [-0.15, -0.1) is 0 Å². The number of benzene rings is 3. The van der Waals surface area contributed by atoms with Crippen molar-refractivity contribution >= 4 is 17.3 Å². The van der Waals surface area contributed by atoms with E-state index in [2.05, 4.69) is 5.32 Å². The standard InChI is InChI=1S/C22H20N2O5/c1-16(29-21-13-9-19(10-14-21)24(26)27)22(25)23-18-7-11-20(12-8-18)28-15-17-5-3-2-4-6-17/h2-14,16H,15H2,1H3,(H,23,25)/t16-/m0/s1. The zero-order chi connectivity index (χ0) is 20.6. The fourth-order valence-corrected chi connectivity index (χ4v) is 2.52. The fourth-order valence-electron chi connectivity index (χ4n) is 2.52. The number of hydrogen-bond acceptors (Lipinski definition) is 5. The summed E-state index contributed by atoms with van der Waals surface area (Å²) in [6.07, 6.45) is -0.773. The fraction of sp³-hybridized carbons (Fsp3) is 0.136. The number of nitro groups is 1. The van der Waals surface area contributed by atoms with Gasteiger partial charge in [-0.25, -0.2) is 0 Å². The van der Waals surface area contributed by atoms with Crippen LogP contribution in [0.15, 0.2) is 78.9 Å². The molecule has 0 fully saturated rings. The molecule has 0 saturated carbocycles. The summed E-state index contributed by atoms with van der Waals surface area (Å²) >= 11 is 0. The summed E-state index contributed by atoms with van der Waals surface area (Å²) in [5.41, 5.74) is 1.65. The molecule has 0 spiro atoms. The molecular formula is C22H20N2O5. The van der Waals surface area contributed by atoms with Crippen LogP contribution in [0.4, 0.5) is 11.4 Å². The number of non-ortho nitro benzene ring substituents is 1. The van der Waals surface area contributed by atoms with Gasteiger partial charge in [0, 0.05) is 17.8 Å². The van der Waals surface area contributed by atoms with Gasteiger partial charge in [0.2, 0.25) is 0 Å². The highest BCUT2D eigenvalue weighted by molar-refractivity contribution is 5.94. The normalized spacial score (nSPS) is 11.3. The molecule has 0 radical (unpaired) electrons. The highest BCUT2D eigenvalue weighted by atomic mass is 16.6.